The van der Waals surface area contributed by atoms with Crippen LogP contribution < -0.4 is 22.1 Å². The first-order chi connectivity index (χ1) is 23.5. The number of esters is 2. The molecule has 3 aromatic rings. The number of ketones is 1. The molecule has 0 radical (unpaired) electrons. The fourth-order valence-corrected chi connectivity index (χ4v) is 6.20. The second-order valence-corrected chi connectivity index (χ2v) is 12.8. The van der Waals surface area contributed by atoms with Gasteiger partial charge in [0, 0.05) is 18.9 Å². The first-order valence-electron chi connectivity index (χ1n) is 16.6. The smallest absolute Gasteiger partial charge is 0.322 e. The van der Waals surface area contributed by atoms with Crippen LogP contribution in [0.3, 0.4) is 0 Å². The number of hydrogen-bond acceptors (Lipinski definition) is 8. The van der Waals surface area contributed by atoms with Crippen LogP contribution in [0.15, 0.2) is 72.8 Å². The number of fused-ring (bicyclic) bond motifs is 3. The SMILES string of the molecule is COC(=O)[C@@H](N)Cc1ccc(CC(=O)[C@H](CCCNC(N)=O)NC(=O)[C@@H](CC(=O)OCC2c3ccccc3-c3ccccc32)C(C)C)cc1. The summed E-state index contributed by atoms with van der Waals surface area (Å²) in [5, 5.41) is 5.39. The van der Waals surface area contributed by atoms with Crippen LogP contribution in [0.4, 0.5) is 4.79 Å². The summed E-state index contributed by atoms with van der Waals surface area (Å²) >= 11 is 0. The van der Waals surface area contributed by atoms with Gasteiger partial charge < -0.3 is 31.6 Å². The van der Waals surface area contributed by atoms with Gasteiger partial charge in [-0.1, -0.05) is 86.6 Å². The molecule has 0 aromatic heterocycles. The molecule has 0 spiro atoms. The molecule has 0 fully saturated rings. The Hall–Kier alpha value is -5.03. The van der Waals surface area contributed by atoms with Crippen LogP contribution in [0.25, 0.3) is 11.1 Å². The summed E-state index contributed by atoms with van der Waals surface area (Å²) in [4.78, 5) is 63.2. The summed E-state index contributed by atoms with van der Waals surface area (Å²) in [6, 6.07) is 20.9. The van der Waals surface area contributed by atoms with Crippen molar-refractivity contribution < 1.29 is 33.4 Å². The van der Waals surface area contributed by atoms with Gasteiger partial charge in [0.25, 0.3) is 0 Å². The van der Waals surface area contributed by atoms with Crippen molar-refractivity contribution in [3.05, 3.63) is 95.1 Å². The molecule has 0 bridgehead atoms. The summed E-state index contributed by atoms with van der Waals surface area (Å²) in [5.41, 5.74) is 17.0. The predicted molar refractivity (Wildman–Crippen MR) is 185 cm³/mol. The normalized spacial score (nSPS) is 13.8. The third kappa shape index (κ3) is 9.99. The summed E-state index contributed by atoms with van der Waals surface area (Å²) in [5.74, 6) is -2.69. The van der Waals surface area contributed by atoms with E-state index in [1.54, 1.807) is 24.3 Å². The Labute approximate surface area is 287 Å². The maximum absolute atomic E-state index is 13.6. The highest BCUT2D eigenvalue weighted by Gasteiger charge is 2.32. The van der Waals surface area contributed by atoms with Crippen LogP contribution >= 0.6 is 0 Å². The van der Waals surface area contributed by atoms with E-state index in [1.165, 1.54) is 7.11 Å². The van der Waals surface area contributed by atoms with Crippen LogP contribution in [0.5, 0.6) is 0 Å². The minimum atomic E-state index is -0.863. The van der Waals surface area contributed by atoms with Crippen LogP contribution in [0, 0.1) is 11.8 Å². The zero-order valence-electron chi connectivity index (χ0n) is 28.3. The quantitative estimate of drug-likeness (QED) is 0.124. The maximum Gasteiger partial charge on any atom is 0.322 e. The van der Waals surface area contributed by atoms with Gasteiger partial charge in [-0.2, -0.15) is 0 Å². The van der Waals surface area contributed by atoms with E-state index in [1.807, 2.05) is 50.2 Å². The number of nitrogens with two attached hydrogens (primary N) is 2. The van der Waals surface area contributed by atoms with Gasteiger partial charge in [-0.05, 0) is 58.6 Å². The first-order valence-corrected chi connectivity index (χ1v) is 16.6. The zero-order chi connectivity index (χ0) is 35.5. The van der Waals surface area contributed by atoms with Gasteiger partial charge in [0.15, 0.2) is 5.78 Å². The van der Waals surface area contributed by atoms with Crippen molar-refractivity contribution in [3.63, 3.8) is 0 Å². The van der Waals surface area contributed by atoms with E-state index >= 15 is 0 Å². The van der Waals surface area contributed by atoms with Gasteiger partial charge >= 0.3 is 18.0 Å². The van der Waals surface area contributed by atoms with Gasteiger partial charge in [0.05, 0.1) is 25.5 Å². The number of hydrogen-bond donors (Lipinski definition) is 4. The Morgan fingerprint density at radius 3 is 2.02 bits per heavy atom. The molecule has 6 N–H and O–H groups in total. The van der Waals surface area contributed by atoms with E-state index in [4.69, 9.17) is 16.2 Å². The number of benzene rings is 3. The van der Waals surface area contributed by atoms with Crippen molar-refractivity contribution in [1.82, 2.24) is 10.6 Å². The van der Waals surface area contributed by atoms with Crippen molar-refractivity contribution in [2.45, 2.75) is 64.0 Å². The highest BCUT2D eigenvalue weighted by atomic mass is 16.5. The molecule has 11 heteroatoms. The number of primary amides is 1. The molecule has 49 heavy (non-hydrogen) atoms. The van der Waals surface area contributed by atoms with E-state index < -0.39 is 41.9 Å². The number of ether oxygens (including phenoxy) is 2. The van der Waals surface area contributed by atoms with Crippen LogP contribution in [0.1, 0.15) is 61.3 Å². The highest BCUT2D eigenvalue weighted by molar-refractivity contribution is 5.92. The molecule has 0 unspecified atom stereocenters. The topological polar surface area (TPSA) is 180 Å². The van der Waals surface area contributed by atoms with Crippen molar-refractivity contribution in [2.24, 2.45) is 23.3 Å². The molecule has 4 rings (SSSR count). The Balaban J connectivity index is 1.39. The number of methoxy groups -OCH3 is 1. The minimum absolute atomic E-state index is 0.0379. The largest absolute Gasteiger partial charge is 0.468 e. The molecule has 3 aromatic carbocycles. The average molecular weight is 671 g/mol. The first kappa shape index (κ1) is 36.8. The van der Waals surface area contributed by atoms with Crippen LogP contribution in [-0.4, -0.2) is 62.0 Å². The van der Waals surface area contributed by atoms with Crippen LogP contribution in [-0.2, 0) is 41.5 Å². The number of carbonyl (C=O) groups excluding carboxylic acids is 5. The van der Waals surface area contributed by atoms with Crippen molar-refractivity contribution in [2.75, 3.05) is 20.3 Å². The van der Waals surface area contributed by atoms with Crippen molar-refractivity contribution in [1.29, 1.82) is 0 Å². The van der Waals surface area contributed by atoms with E-state index in [2.05, 4.69) is 27.5 Å². The minimum Gasteiger partial charge on any atom is -0.468 e. The van der Waals surface area contributed by atoms with Gasteiger partial charge in [-0.3, -0.25) is 19.2 Å². The molecule has 1 aliphatic carbocycles. The summed E-state index contributed by atoms with van der Waals surface area (Å²) < 4.78 is 10.5. The molecule has 11 nitrogen and oxygen atoms in total. The lowest BCUT2D eigenvalue weighted by atomic mass is 9.90. The van der Waals surface area contributed by atoms with E-state index in [9.17, 15) is 24.0 Å². The lowest BCUT2D eigenvalue weighted by molar-refractivity contribution is -0.148. The van der Waals surface area contributed by atoms with Gasteiger partial charge in [0.2, 0.25) is 5.91 Å². The third-order valence-corrected chi connectivity index (χ3v) is 8.94. The number of rotatable bonds is 17. The molecule has 0 saturated heterocycles. The number of urea groups is 1. The summed E-state index contributed by atoms with van der Waals surface area (Å²) in [6.07, 6.45) is 0.831. The molecule has 260 valence electrons. The van der Waals surface area contributed by atoms with E-state index in [0.29, 0.717) is 12.0 Å². The Morgan fingerprint density at radius 1 is 0.857 bits per heavy atom. The Bertz CT molecular complexity index is 1590. The van der Waals surface area contributed by atoms with Gasteiger partial charge in [-0.15, -0.1) is 0 Å². The number of amides is 3. The Kier molecular flexibility index (Phi) is 13.1. The average Bonchev–Trinajstić information content (AvgIpc) is 3.41. The number of carbonyl (C=O) groups is 5. The second-order valence-electron chi connectivity index (χ2n) is 12.8. The van der Waals surface area contributed by atoms with E-state index in [-0.39, 0.29) is 56.5 Å². The zero-order valence-corrected chi connectivity index (χ0v) is 28.3. The van der Waals surface area contributed by atoms with Crippen LogP contribution in [0.2, 0.25) is 0 Å². The highest BCUT2D eigenvalue weighted by Crippen LogP contribution is 2.44. The lowest BCUT2D eigenvalue weighted by Crippen LogP contribution is -2.46. The number of Topliss-reactive ketones (excluding diaryl/α,β-unsaturated/α-hetero) is 1. The molecular formula is C38H46N4O7. The monoisotopic (exact) mass is 670 g/mol. The molecule has 3 atom stereocenters. The van der Waals surface area contributed by atoms with E-state index in [0.717, 1.165) is 27.8 Å². The van der Waals surface area contributed by atoms with Crippen molar-refractivity contribution in [3.8, 4) is 11.1 Å². The lowest BCUT2D eigenvalue weighted by Gasteiger charge is -2.24. The molecule has 0 aliphatic heterocycles. The van der Waals surface area contributed by atoms with Gasteiger partial charge in [-0.25, -0.2) is 4.79 Å². The molecule has 0 saturated carbocycles. The molecule has 3 amide bonds. The standard InChI is InChI=1S/C38H46N4O7/c1-23(2)30(21-35(44)49-22-31-28-11-6-4-9-26(28)27-10-5-7-12-29(27)31)36(45)42-33(13-8-18-41-38(40)47)34(43)20-25-16-14-24(15-17-25)19-32(39)37(46)48-3/h4-7,9-12,14-17,23,30-33H,8,13,18-22,39H2,1-3H3,(H,42,45)(H3,40,41,47)/t30-,32-,33-/m0/s1. The van der Waals surface area contributed by atoms with Gasteiger partial charge in [0.1, 0.15) is 12.6 Å². The second kappa shape index (κ2) is 17.4. The molecular weight excluding hydrogens is 624 g/mol. The molecule has 0 heterocycles. The summed E-state index contributed by atoms with van der Waals surface area (Å²) in [7, 11) is 1.28. The fourth-order valence-electron chi connectivity index (χ4n) is 6.20. The summed E-state index contributed by atoms with van der Waals surface area (Å²) in [6.45, 7) is 4.09. The third-order valence-electron chi connectivity index (χ3n) is 8.94. The maximum atomic E-state index is 13.6. The van der Waals surface area contributed by atoms with Crippen molar-refractivity contribution >= 4 is 29.7 Å². The predicted octanol–water partition coefficient (Wildman–Crippen LogP) is 3.79. The number of nitrogens with one attached hydrogen (secondary N) is 2. The molecule has 1 aliphatic rings. The Morgan fingerprint density at radius 2 is 1.45 bits per heavy atom. The fraction of sp³-hybridized carbons (Fsp3) is 0.395.